The molecule has 1 rings (SSSR count). The lowest BCUT2D eigenvalue weighted by Crippen LogP contribution is -2.38. The molecule has 0 aliphatic rings. The minimum absolute atomic E-state index is 0.160. The topological polar surface area (TPSA) is 66.4 Å². The number of benzene rings is 1. The molecule has 0 bridgehead atoms. The lowest BCUT2D eigenvalue weighted by Gasteiger charge is -2.17. The Bertz CT molecular complexity index is 502. The van der Waals surface area contributed by atoms with Gasteiger partial charge in [-0.25, -0.2) is 8.78 Å². The lowest BCUT2D eigenvalue weighted by atomic mass is 10.1. The second-order valence-corrected chi connectivity index (χ2v) is 3.88. The van der Waals surface area contributed by atoms with Crippen LogP contribution in [0.25, 0.3) is 5.70 Å². The Labute approximate surface area is 108 Å². The molecule has 4 nitrogen and oxygen atoms in total. The summed E-state index contributed by atoms with van der Waals surface area (Å²) in [5.74, 6) is -2.63. The number of ketones is 1. The fourth-order valence-electron chi connectivity index (χ4n) is 1.48. The maximum Gasteiger partial charge on any atom is 0.305 e. The SMILES string of the molecule is C=C(NC(CC(=O)O)C(=O)CF)c1cccc(F)c1. The fraction of sp³-hybridized carbons (Fsp3) is 0.231. The van der Waals surface area contributed by atoms with Crippen LogP contribution in [0.4, 0.5) is 8.78 Å². The molecule has 6 heteroatoms. The summed E-state index contributed by atoms with van der Waals surface area (Å²) in [6, 6.07) is 4.17. The molecule has 0 spiro atoms. The zero-order chi connectivity index (χ0) is 14.4. The van der Waals surface area contributed by atoms with Gasteiger partial charge in [-0.3, -0.25) is 9.59 Å². The first-order chi connectivity index (χ1) is 8.93. The van der Waals surface area contributed by atoms with Gasteiger partial charge < -0.3 is 10.4 Å². The van der Waals surface area contributed by atoms with E-state index in [-0.39, 0.29) is 5.70 Å². The molecule has 0 saturated carbocycles. The number of hydrogen-bond acceptors (Lipinski definition) is 3. The maximum atomic E-state index is 13.0. The van der Waals surface area contributed by atoms with Gasteiger partial charge in [-0.2, -0.15) is 0 Å². The molecule has 0 aliphatic heterocycles. The molecule has 1 aromatic rings. The molecule has 19 heavy (non-hydrogen) atoms. The van der Waals surface area contributed by atoms with E-state index in [1.54, 1.807) is 0 Å². The van der Waals surface area contributed by atoms with Gasteiger partial charge in [-0.1, -0.05) is 18.7 Å². The van der Waals surface area contributed by atoms with E-state index in [4.69, 9.17) is 5.11 Å². The van der Waals surface area contributed by atoms with Gasteiger partial charge in [0.2, 0.25) is 0 Å². The van der Waals surface area contributed by atoms with Crippen molar-refractivity contribution in [3.05, 3.63) is 42.2 Å². The molecule has 0 radical (unpaired) electrons. The van der Waals surface area contributed by atoms with E-state index in [1.165, 1.54) is 24.3 Å². The van der Waals surface area contributed by atoms with Crippen LogP contribution < -0.4 is 5.32 Å². The number of carbonyl (C=O) groups excluding carboxylic acids is 1. The number of nitrogens with one attached hydrogen (secondary N) is 1. The van der Waals surface area contributed by atoms with Crippen molar-refractivity contribution in [3.8, 4) is 0 Å². The second kappa shape index (κ2) is 6.63. The van der Waals surface area contributed by atoms with E-state index in [0.717, 1.165) is 0 Å². The number of hydrogen-bond donors (Lipinski definition) is 2. The number of carboxylic acids is 1. The van der Waals surface area contributed by atoms with Crippen LogP contribution >= 0.6 is 0 Å². The van der Waals surface area contributed by atoms with Crippen molar-refractivity contribution in [2.24, 2.45) is 0 Å². The Morgan fingerprint density at radius 1 is 1.42 bits per heavy atom. The van der Waals surface area contributed by atoms with Crippen LogP contribution in [0.5, 0.6) is 0 Å². The Kier molecular flexibility index (Phi) is 5.17. The Hall–Kier alpha value is -2.24. The molecule has 0 amide bonds. The summed E-state index contributed by atoms with van der Waals surface area (Å²) in [5.41, 5.74) is 0.523. The third-order valence-electron chi connectivity index (χ3n) is 2.42. The molecule has 0 aromatic heterocycles. The van der Waals surface area contributed by atoms with Gasteiger partial charge in [-0.15, -0.1) is 0 Å². The molecule has 0 aliphatic carbocycles. The van der Waals surface area contributed by atoms with Crippen molar-refractivity contribution in [3.63, 3.8) is 0 Å². The molecule has 0 saturated heterocycles. The summed E-state index contributed by atoms with van der Waals surface area (Å²) in [5, 5.41) is 11.2. The Morgan fingerprint density at radius 3 is 2.63 bits per heavy atom. The predicted octanol–water partition coefficient (Wildman–Crippen LogP) is 1.77. The number of halogens is 2. The summed E-state index contributed by atoms with van der Waals surface area (Å²) in [6.07, 6.45) is -0.572. The minimum atomic E-state index is -1.28. The highest BCUT2D eigenvalue weighted by atomic mass is 19.1. The van der Waals surface area contributed by atoms with E-state index in [9.17, 15) is 18.4 Å². The van der Waals surface area contributed by atoms with E-state index < -0.39 is 36.7 Å². The number of Topliss-reactive ketones (excluding diaryl/α,β-unsaturated/α-hetero) is 1. The lowest BCUT2D eigenvalue weighted by molar-refractivity contribution is -0.139. The summed E-state index contributed by atoms with van der Waals surface area (Å²) >= 11 is 0. The molecule has 1 unspecified atom stereocenters. The summed E-state index contributed by atoms with van der Waals surface area (Å²) in [7, 11) is 0. The summed E-state index contributed by atoms with van der Waals surface area (Å²) < 4.78 is 25.3. The van der Waals surface area contributed by atoms with Crippen LogP contribution in [-0.2, 0) is 9.59 Å². The smallest absolute Gasteiger partial charge is 0.305 e. The van der Waals surface area contributed by atoms with Gasteiger partial charge in [0, 0.05) is 5.70 Å². The third-order valence-corrected chi connectivity index (χ3v) is 2.42. The molecule has 0 fully saturated rings. The number of alkyl halides is 1. The van der Waals surface area contributed by atoms with Crippen LogP contribution in [0.15, 0.2) is 30.8 Å². The van der Waals surface area contributed by atoms with Crippen molar-refractivity contribution in [1.82, 2.24) is 5.32 Å². The van der Waals surface area contributed by atoms with Crippen LogP contribution in [0.3, 0.4) is 0 Å². The van der Waals surface area contributed by atoms with E-state index >= 15 is 0 Å². The highest BCUT2D eigenvalue weighted by molar-refractivity contribution is 5.90. The van der Waals surface area contributed by atoms with Crippen molar-refractivity contribution < 1.29 is 23.5 Å². The van der Waals surface area contributed by atoms with Crippen LogP contribution in [0.2, 0.25) is 0 Å². The third kappa shape index (κ3) is 4.50. The zero-order valence-corrected chi connectivity index (χ0v) is 10.0. The van der Waals surface area contributed by atoms with Crippen molar-refractivity contribution >= 4 is 17.4 Å². The molecular weight excluding hydrogens is 256 g/mol. The normalized spacial score (nSPS) is 11.7. The number of carbonyl (C=O) groups is 2. The van der Waals surface area contributed by atoms with E-state index in [0.29, 0.717) is 5.56 Å². The van der Waals surface area contributed by atoms with E-state index in [1.807, 2.05) is 0 Å². The average molecular weight is 269 g/mol. The Balaban J connectivity index is 2.81. The number of rotatable bonds is 7. The largest absolute Gasteiger partial charge is 0.481 e. The highest BCUT2D eigenvalue weighted by Crippen LogP contribution is 2.13. The molecular formula is C13H13F2NO3. The molecule has 1 atom stereocenters. The molecule has 0 heterocycles. The van der Waals surface area contributed by atoms with Crippen molar-refractivity contribution in [2.45, 2.75) is 12.5 Å². The first-order valence-corrected chi connectivity index (χ1v) is 5.46. The van der Waals surface area contributed by atoms with Gasteiger partial charge >= 0.3 is 5.97 Å². The number of aliphatic carboxylic acids is 1. The van der Waals surface area contributed by atoms with Crippen LogP contribution in [0, 0.1) is 5.82 Å². The van der Waals surface area contributed by atoms with Crippen molar-refractivity contribution in [1.29, 1.82) is 0 Å². The first-order valence-electron chi connectivity index (χ1n) is 5.46. The van der Waals surface area contributed by atoms with Crippen LogP contribution in [-0.4, -0.2) is 29.6 Å². The van der Waals surface area contributed by atoms with E-state index in [2.05, 4.69) is 11.9 Å². The first kappa shape index (κ1) is 14.8. The van der Waals surface area contributed by atoms with Crippen LogP contribution in [0.1, 0.15) is 12.0 Å². The minimum Gasteiger partial charge on any atom is -0.481 e. The average Bonchev–Trinajstić information content (AvgIpc) is 2.36. The standard InChI is InChI=1S/C13H13F2NO3/c1-8(9-3-2-4-10(15)5-9)16-11(6-13(18)19)12(17)7-14/h2-5,11,16H,1,6-7H2,(H,18,19). The zero-order valence-electron chi connectivity index (χ0n) is 10.0. The highest BCUT2D eigenvalue weighted by Gasteiger charge is 2.22. The molecule has 2 N–H and O–H groups in total. The molecule has 102 valence electrons. The van der Waals surface area contributed by atoms with Gasteiger partial charge in [0.1, 0.15) is 12.5 Å². The monoisotopic (exact) mass is 269 g/mol. The number of carboxylic acid groups (broad SMARTS) is 1. The summed E-state index contributed by atoms with van der Waals surface area (Å²) in [4.78, 5) is 21.9. The predicted molar refractivity (Wildman–Crippen MR) is 65.6 cm³/mol. The molecule has 1 aromatic carbocycles. The summed E-state index contributed by atoms with van der Waals surface area (Å²) in [6.45, 7) is 2.31. The Morgan fingerprint density at radius 2 is 2.11 bits per heavy atom. The quantitative estimate of drug-likeness (QED) is 0.791. The maximum absolute atomic E-state index is 13.0. The second-order valence-electron chi connectivity index (χ2n) is 3.88. The fourth-order valence-corrected chi connectivity index (χ4v) is 1.48. The van der Waals surface area contributed by atoms with Gasteiger partial charge in [0.05, 0.1) is 12.5 Å². The van der Waals surface area contributed by atoms with Gasteiger partial charge in [-0.05, 0) is 17.7 Å². The van der Waals surface area contributed by atoms with Gasteiger partial charge in [0.15, 0.2) is 5.78 Å². The van der Waals surface area contributed by atoms with Gasteiger partial charge in [0.25, 0.3) is 0 Å². The van der Waals surface area contributed by atoms with Crippen molar-refractivity contribution in [2.75, 3.05) is 6.67 Å².